The lowest BCUT2D eigenvalue weighted by molar-refractivity contribution is -0.140. The fraction of sp³-hybridized carbons (Fsp3) is 0.520. The molecule has 0 aliphatic carbocycles. The molecule has 1 aliphatic heterocycles. The van der Waals surface area contributed by atoms with Crippen LogP contribution in [-0.4, -0.2) is 29.4 Å². The van der Waals surface area contributed by atoms with Gasteiger partial charge in [-0.05, 0) is 60.8 Å². The number of carbonyl (C=O) groups excluding carboxylic acids is 2. The second-order valence-corrected chi connectivity index (χ2v) is 8.95. The molecule has 1 aliphatic rings. The lowest BCUT2D eigenvalue weighted by Crippen LogP contribution is -2.36. The molecule has 162 valence electrons. The van der Waals surface area contributed by atoms with Crippen LogP contribution in [0.15, 0.2) is 30.3 Å². The summed E-state index contributed by atoms with van der Waals surface area (Å²) in [6.45, 7) is 11.4. The summed E-state index contributed by atoms with van der Waals surface area (Å²) < 4.78 is 11.1. The van der Waals surface area contributed by atoms with E-state index in [4.69, 9.17) is 9.47 Å². The van der Waals surface area contributed by atoms with Crippen LogP contribution in [0, 0.1) is 11.8 Å². The summed E-state index contributed by atoms with van der Waals surface area (Å²) in [4.78, 5) is 26.9. The molecule has 0 spiro atoms. The van der Waals surface area contributed by atoms with Crippen molar-refractivity contribution in [2.45, 2.75) is 66.5 Å². The van der Waals surface area contributed by atoms with Gasteiger partial charge in [0.25, 0.3) is 0 Å². The van der Waals surface area contributed by atoms with E-state index in [1.165, 1.54) is 24.8 Å². The molecule has 0 N–H and O–H groups in total. The molecule has 5 nitrogen and oxygen atoms in total. The second-order valence-electron chi connectivity index (χ2n) is 8.95. The molecule has 0 saturated carbocycles. The number of esters is 2. The average Bonchev–Trinajstić information content (AvgIpc) is 2.70. The van der Waals surface area contributed by atoms with Gasteiger partial charge in [0.15, 0.2) is 11.5 Å². The van der Waals surface area contributed by atoms with E-state index in [9.17, 15) is 9.59 Å². The first kappa shape index (κ1) is 22.3. The van der Waals surface area contributed by atoms with E-state index in [1.54, 1.807) is 33.8 Å². The number of hydrogen-bond acceptors (Lipinski definition) is 5. The van der Waals surface area contributed by atoms with Crippen LogP contribution in [0.25, 0.3) is 10.8 Å². The van der Waals surface area contributed by atoms with Crippen molar-refractivity contribution >= 4 is 22.7 Å². The van der Waals surface area contributed by atoms with E-state index >= 15 is 0 Å². The number of rotatable bonds is 6. The summed E-state index contributed by atoms with van der Waals surface area (Å²) in [6.07, 6.45) is 3.79. The summed E-state index contributed by atoms with van der Waals surface area (Å²) in [5.74, 6) is -0.683. The van der Waals surface area contributed by atoms with E-state index in [-0.39, 0.29) is 29.5 Å². The van der Waals surface area contributed by atoms with Crippen LogP contribution in [0.4, 0.5) is 0 Å². The minimum absolute atomic E-state index is 0.275. The Bertz CT molecular complexity index is 919. The molecule has 3 rings (SSSR count). The highest BCUT2D eigenvalue weighted by Gasteiger charge is 2.20. The van der Waals surface area contributed by atoms with Crippen LogP contribution in [-0.2, 0) is 16.1 Å². The Hall–Kier alpha value is -2.40. The summed E-state index contributed by atoms with van der Waals surface area (Å²) >= 11 is 0. The number of carbonyl (C=O) groups is 2. The smallest absolute Gasteiger partial charge is 0.313 e. The molecule has 1 fully saturated rings. The largest absolute Gasteiger partial charge is 0.422 e. The third-order valence-corrected chi connectivity index (χ3v) is 5.66. The minimum Gasteiger partial charge on any atom is -0.422 e. The maximum atomic E-state index is 12.2. The third kappa shape index (κ3) is 5.39. The van der Waals surface area contributed by atoms with Gasteiger partial charge in [-0.25, -0.2) is 0 Å². The van der Waals surface area contributed by atoms with E-state index in [0.717, 1.165) is 23.9 Å². The normalized spacial score (nSPS) is 17.5. The van der Waals surface area contributed by atoms with Gasteiger partial charge in [-0.15, -0.1) is 0 Å². The van der Waals surface area contributed by atoms with Crippen molar-refractivity contribution in [3.8, 4) is 11.5 Å². The number of ether oxygens (including phenoxy) is 2. The fourth-order valence-electron chi connectivity index (χ4n) is 3.64. The molecule has 1 heterocycles. The van der Waals surface area contributed by atoms with Crippen molar-refractivity contribution in [1.29, 1.82) is 0 Å². The molecule has 30 heavy (non-hydrogen) atoms. The monoisotopic (exact) mass is 411 g/mol. The summed E-state index contributed by atoms with van der Waals surface area (Å²) in [5.41, 5.74) is 1.23. The number of likely N-dealkylation sites (tertiary alicyclic amines) is 1. The Kier molecular flexibility index (Phi) is 7.14. The molecule has 0 radical (unpaired) electrons. The molecular weight excluding hydrogens is 378 g/mol. The van der Waals surface area contributed by atoms with Crippen LogP contribution in [0.5, 0.6) is 11.5 Å². The van der Waals surface area contributed by atoms with E-state index in [2.05, 4.69) is 24.0 Å². The van der Waals surface area contributed by atoms with E-state index in [1.807, 2.05) is 12.1 Å². The van der Waals surface area contributed by atoms with Gasteiger partial charge in [-0.3, -0.25) is 14.5 Å². The first-order valence-corrected chi connectivity index (χ1v) is 11.0. The standard InChI is InChI=1S/C25H33NO4/c1-16(2)24(27)29-22-13-20-10-9-19(15-26-11-7-6-8-18(26)5)12-21(20)14-23(22)30-25(28)17(3)4/h9-10,12-14,16-18H,6-8,11,15H2,1-5H3. The molecule has 1 atom stereocenters. The number of fused-ring (bicyclic) bond motifs is 1. The topological polar surface area (TPSA) is 55.8 Å². The highest BCUT2D eigenvalue weighted by atomic mass is 16.6. The summed E-state index contributed by atoms with van der Waals surface area (Å²) in [7, 11) is 0. The Morgan fingerprint density at radius 3 is 2.10 bits per heavy atom. The van der Waals surface area contributed by atoms with Gasteiger partial charge in [0.2, 0.25) is 0 Å². The minimum atomic E-state index is -0.355. The number of piperidine rings is 1. The van der Waals surface area contributed by atoms with Crippen molar-refractivity contribution in [1.82, 2.24) is 4.90 Å². The fourth-order valence-corrected chi connectivity index (χ4v) is 3.64. The van der Waals surface area contributed by atoms with Crippen molar-refractivity contribution < 1.29 is 19.1 Å². The van der Waals surface area contributed by atoms with Gasteiger partial charge in [0.1, 0.15) is 0 Å². The SMILES string of the molecule is CC(C)C(=O)Oc1cc2ccc(CN3CCCCC3C)cc2cc1OC(=O)C(C)C. The quantitative estimate of drug-likeness (QED) is 0.475. The molecular formula is C25H33NO4. The zero-order valence-electron chi connectivity index (χ0n) is 18.7. The molecule has 1 unspecified atom stereocenters. The molecule has 2 aromatic carbocycles. The van der Waals surface area contributed by atoms with Crippen molar-refractivity contribution in [3.05, 3.63) is 35.9 Å². The number of benzene rings is 2. The average molecular weight is 412 g/mol. The Morgan fingerprint density at radius 1 is 0.933 bits per heavy atom. The lowest BCUT2D eigenvalue weighted by atomic mass is 10.0. The van der Waals surface area contributed by atoms with Crippen LogP contribution >= 0.6 is 0 Å². The third-order valence-electron chi connectivity index (χ3n) is 5.66. The molecule has 0 aromatic heterocycles. The van der Waals surface area contributed by atoms with Crippen LogP contribution in [0.1, 0.15) is 59.4 Å². The predicted molar refractivity (Wildman–Crippen MR) is 119 cm³/mol. The van der Waals surface area contributed by atoms with Gasteiger partial charge >= 0.3 is 11.9 Å². The highest BCUT2D eigenvalue weighted by Crippen LogP contribution is 2.34. The van der Waals surface area contributed by atoms with Crippen molar-refractivity contribution in [2.75, 3.05) is 6.54 Å². The summed E-state index contributed by atoms with van der Waals surface area (Å²) in [6, 6.07) is 10.5. The van der Waals surface area contributed by atoms with Gasteiger partial charge in [0.05, 0.1) is 11.8 Å². The van der Waals surface area contributed by atoms with Gasteiger partial charge in [0, 0.05) is 12.6 Å². The Morgan fingerprint density at radius 2 is 1.53 bits per heavy atom. The molecule has 2 aromatic rings. The first-order valence-electron chi connectivity index (χ1n) is 11.0. The lowest BCUT2D eigenvalue weighted by Gasteiger charge is -2.33. The molecule has 0 amide bonds. The highest BCUT2D eigenvalue weighted by molar-refractivity contribution is 5.89. The van der Waals surface area contributed by atoms with Crippen molar-refractivity contribution in [2.24, 2.45) is 11.8 Å². The van der Waals surface area contributed by atoms with Gasteiger partial charge in [-0.1, -0.05) is 46.2 Å². The second kappa shape index (κ2) is 9.61. The van der Waals surface area contributed by atoms with Gasteiger partial charge < -0.3 is 9.47 Å². The van der Waals surface area contributed by atoms with Gasteiger partial charge in [-0.2, -0.15) is 0 Å². The zero-order valence-corrected chi connectivity index (χ0v) is 18.7. The van der Waals surface area contributed by atoms with Crippen LogP contribution in [0.3, 0.4) is 0 Å². The van der Waals surface area contributed by atoms with E-state index < -0.39 is 0 Å². The Labute approximate surface area is 179 Å². The first-order chi connectivity index (χ1) is 14.2. The molecule has 0 bridgehead atoms. The number of nitrogens with zero attached hydrogens (tertiary/aromatic N) is 1. The zero-order chi connectivity index (χ0) is 21.8. The molecule has 5 heteroatoms. The molecule has 1 saturated heterocycles. The van der Waals surface area contributed by atoms with E-state index in [0.29, 0.717) is 11.8 Å². The summed E-state index contributed by atoms with van der Waals surface area (Å²) in [5, 5.41) is 1.91. The number of hydrogen-bond donors (Lipinski definition) is 0. The van der Waals surface area contributed by atoms with Crippen molar-refractivity contribution in [3.63, 3.8) is 0 Å². The predicted octanol–water partition coefficient (Wildman–Crippen LogP) is 5.34. The van der Waals surface area contributed by atoms with Crippen LogP contribution in [0.2, 0.25) is 0 Å². The maximum absolute atomic E-state index is 12.2. The Balaban J connectivity index is 1.93. The maximum Gasteiger partial charge on any atom is 0.313 e. The van der Waals surface area contributed by atoms with Crippen LogP contribution < -0.4 is 9.47 Å².